The Morgan fingerprint density at radius 2 is 2.24 bits per heavy atom. The molecule has 0 aliphatic heterocycles. The average molecular weight is 254 g/mol. The molecule has 0 aliphatic carbocycles. The van der Waals surface area contributed by atoms with Gasteiger partial charge < -0.3 is 10.2 Å². The molecule has 1 N–H and O–H groups in total. The van der Waals surface area contributed by atoms with Crippen molar-refractivity contribution in [2.45, 2.75) is 33.2 Å². The number of rotatable bonds is 6. The zero-order valence-corrected chi connectivity index (χ0v) is 11.9. The van der Waals surface area contributed by atoms with Gasteiger partial charge in [-0.25, -0.2) is 0 Å². The first-order valence-corrected chi connectivity index (χ1v) is 6.90. The third kappa shape index (κ3) is 4.13. The minimum Gasteiger partial charge on any atom is -0.338 e. The number of hydrogen-bond donors (Lipinski definition) is 1. The molecule has 1 aromatic rings. The fraction of sp³-hybridized carbons (Fsp3) is 0.615. The van der Waals surface area contributed by atoms with Crippen molar-refractivity contribution in [3.8, 4) is 0 Å². The first-order chi connectivity index (χ1) is 8.06. The molecule has 0 fully saturated rings. The van der Waals surface area contributed by atoms with Crippen LogP contribution in [0, 0.1) is 6.92 Å². The Kier molecular flexibility index (Phi) is 5.65. The van der Waals surface area contributed by atoms with Crippen LogP contribution in [0.5, 0.6) is 0 Å². The molecule has 0 aliphatic rings. The summed E-state index contributed by atoms with van der Waals surface area (Å²) in [7, 11) is 1.88. The summed E-state index contributed by atoms with van der Waals surface area (Å²) in [4.78, 5) is 16.3. The Balaban J connectivity index is 2.51. The lowest BCUT2D eigenvalue weighted by Crippen LogP contribution is -2.31. The van der Waals surface area contributed by atoms with E-state index in [4.69, 9.17) is 0 Å². The molecule has 0 aromatic carbocycles. The lowest BCUT2D eigenvalue weighted by Gasteiger charge is -2.24. The van der Waals surface area contributed by atoms with E-state index in [1.165, 1.54) is 9.75 Å². The van der Waals surface area contributed by atoms with E-state index in [1.807, 2.05) is 18.9 Å². The molecule has 3 nitrogen and oxygen atoms in total. The highest BCUT2D eigenvalue weighted by Crippen LogP contribution is 2.26. The van der Waals surface area contributed by atoms with Gasteiger partial charge in [-0.05, 0) is 32.5 Å². The normalized spacial score (nSPS) is 12.5. The molecule has 17 heavy (non-hydrogen) atoms. The number of carbonyl (C=O) groups excluding carboxylic acids is 1. The summed E-state index contributed by atoms with van der Waals surface area (Å²) in [5.74, 6) is 0.199. The smallest absolute Gasteiger partial charge is 0.224 e. The van der Waals surface area contributed by atoms with Crippen molar-refractivity contribution in [1.82, 2.24) is 10.2 Å². The van der Waals surface area contributed by atoms with Crippen LogP contribution in [0.2, 0.25) is 0 Å². The Hall–Kier alpha value is -0.870. The zero-order chi connectivity index (χ0) is 12.8. The zero-order valence-electron chi connectivity index (χ0n) is 11.1. The molecule has 96 valence electrons. The van der Waals surface area contributed by atoms with Crippen LogP contribution in [-0.2, 0) is 4.79 Å². The molecule has 1 atom stereocenters. The molecule has 1 rings (SSSR count). The quantitative estimate of drug-likeness (QED) is 0.791. The van der Waals surface area contributed by atoms with Crippen LogP contribution in [-0.4, -0.2) is 30.9 Å². The van der Waals surface area contributed by atoms with Gasteiger partial charge in [0, 0.05) is 29.8 Å². The van der Waals surface area contributed by atoms with Crippen molar-refractivity contribution in [3.05, 3.63) is 21.9 Å². The van der Waals surface area contributed by atoms with Crippen molar-refractivity contribution in [3.63, 3.8) is 0 Å². The Morgan fingerprint density at radius 1 is 1.53 bits per heavy atom. The fourth-order valence-corrected chi connectivity index (χ4v) is 2.61. The van der Waals surface area contributed by atoms with Crippen LogP contribution in [0.15, 0.2) is 12.1 Å². The lowest BCUT2D eigenvalue weighted by molar-refractivity contribution is -0.131. The Morgan fingerprint density at radius 3 is 2.76 bits per heavy atom. The predicted molar refractivity (Wildman–Crippen MR) is 73.4 cm³/mol. The van der Waals surface area contributed by atoms with E-state index in [9.17, 15) is 4.79 Å². The van der Waals surface area contributed by atoms with Crippen molar-refractivity contribution in [2.24, 2.45) is 0 Å². The molecule has 0 spiro atoms. The third-order valence-electron chi connectivity index (χ3n) is 2.91. The van der Waals surface area contributed by atoms with Gasteiger partial charge in [-0.3, -0.25) is 4.79 Å². The van der Waals surface area contributed by atoms with Crippen LogP contribution < -0.4 is 5.32 Å². The number of aryl methyl sites for hydroxylation is 1. The van der Waals surface area contributed by atoms with Gasteiger partial charge in [-0.1, -0.05) is 6.92 Å². The van der Waals surface area contributed by atoms with E-state index in [0.717, 1.165) is 13.1 Å². The maximum absolute atomic E-state index is 11.9. The van der Waals surface area contributed by atoms with Crippen molar-refractivity contribution >= 4 is 17.2 Å². The lowest BCUT2D eigenvalue weighted by atomic mass is 10.2. The second-order valence-corrected chi connectivity index (χ2v) is 5.55. The number of nitrogens with zero attached hydrogens (tertiary/aromatic N) is 1. The van der Waals surface area contributed by atoms with Gasteiger partial charge in [-0.15, -0.1) is 11.3 Å². The fourth-order valence-electron chi connectivity index (χ4n) is 1.63. The number of hydrogen-bond acceptors (Lipinski definition) is 3. The van der Waals surface area contributed by atoms with Gasteiger partial charge in [0.2, 0.25) is 5.91 Å². The van der Waals surface area contributed by atoms with Gasteiger partial charge in [-0.2, -0.15) is 0 Å². The summed E-state index contributed by atoms with van der Waals surface area (Å²) < 4.78 is 0. The maximum Gasteiger partial charge on any atom is 0.224 e. The van der Waals surface area contributed by atoms with Crippen molar-refractivity contribution < 1.29 is 4.79 Å². The van der Waals surface area contributed by atoms with Gasteiger partial charge in [0.05, 0.1) is 6.04 Å². The molecule has 1 heterocycles. The molecule has 1 aromatic heterocycles. The molecule has 1 unspecified atom stereocenters. The standard InChI is InChI=1S/C13H22N2OS/c1-5-14-9-8-13(16)15(4)11(3)12-7-6-10(2)17-12/h6-7,11,14H,5,8-9H2,1-4H3. The molecule has 0 radical (unpaired) electrons. The van der Waals surface area contributed by atoms with E-state index < -0.39 is 0 Å². The first kappa shape index (κ1) is 14.2. The summed E-state index contributed by atoms with van der Waals surface area (Å²) in [5.41, 5.74) is 0. The topological polar surface area (TPSA) is 32.3 Å². The van der Waals surface area contributed by atoms with Crippen molar-refractivity contribution in [1.29, 1.82) is 0 Å². The van der Waals surface area contributed by atoms with Crippen LogP contribution in [0.1, 0.15) is 36.1 Å². The average Bonchev–Trinajstić information content (AvgIpc) is 2.74. The molecule has 4 heteroatoms. The molecule has 0 bridgehead atoms. The summed E-state index contributed by atoms with van der Waals surface area (Å²) in [6, 6.07) is 4.38. The predicted octanol–water partition coefficient (Wildman–Crippen LogP) is 2.58. The first-order valence-electron chi connectivity index (χ1n) is 6.09. The molecular formula is C13H22N2OS. The van der Waals surface area contributed by atoms with E-state index in [0.29, 0.717) is 6.42 Å². The van der Waals surface area contributed by atoms with Crippen LogP contribution in [0.3, 0.4) is 0 Å². The van der Waals surface area contributed by atoms with Crippen molar-refractivity contribution in [2.75, 3.05) is 20.1 Å². The van der Waals surface area contributed by atoms with Crippen LogP contribution in [0.25, 0.3) is 0 Å². The monoisotopic (exact) mass is 254 g/mol. The van der Waals surface area contributed by atoms with E-state index in [-0.39, 0.29) is 11.9 Å². The SMILES string of the molecule is CCNCCC(=O)N(C)C(C)c1ccc(C)s1. The summed E-state index contributed by atoms with van der Waals surface area (Å²) in [5, 5.41) is 3.17. The van der Waals surface area contributed by atoms with E-state index >= 15 is 0 Å². The van der Waals surface area contributed by atoms with E-state index in [1.54, 1.807) is 11.3 Å². The van der Waals surface area contributed by atoms with Crippen LogP contribution >= 0.6 is 11.3 Å². The van der Waals surface area contributed by atoms with E-state index in [2.05, 4.69) is 31.3 Å². The van der Waals surface area contributed by atoms with Gasteiger partial charge in [0.1, 0.15) is 0 Å². The minimum atomic E-state index is 0.169. The van der Waals surface area contributed by atoms with Gasteiger partial charge in [0.25, 0.3) is 0 Å². The highest BCUT2D eigenvalue weighted by atomic mass is 32.1. The highest BCUT2D eigenvalue weighted by molar-refractivity contribution is 7.12. The summed E-state index contributed by atoms with van der Waals surface area (Å²) in [6.07, 6.45) is 0.568. The largest absolute Gasteiger partial charge is 0.338 e. The molecular weight excluding hydrogens is 232 g/mol. The third-order valence-corrected chi connectivity index (χ3v) is 4.08. The summed E-state index contributed by atoms with van der Waals surface area (Å²) >= 11 is 1.76. The molecule has 1 amide bonds. The highest BCUT2D eigenvalue weighted by Gasteiger charge is 2.17. The maximum atomic E-state index is 11.9. The molecule has 0 saturated carbocycles. The summed E-state index contributed by atoms with van der Waals surface area (Å²) in [6.45, 7) is 7.89. The number of nitrogens with one attached hydrogen (secondary N) is 1. The van der Waals surface area contributed by atoms with Gasteiger partial charge in [0.15, 0.2) is 0 Å². The second-order valence-electron chi connectivity index (χ2n) is 4.23. The van der Waals surface area contributed by atoms with Gasteiger partial charge >= 0.3 is 0 Å². The Labute approximate surface area is 108 Å². The molecule has 0 saturated heterocycles. The number of amides is 1. The second kappa shape index (κ2) is 6.77. The number of carbonyl (C=O) groups is 1. The van der Waals surface area contributed by atoms with Crippen LogP contribution in [0.4, 0.5) is 0 Å². The Bertz CT molecular complexity index is 362. The number of thiophene rings is 1. The minimum absolute atomic E-state index is 0.169.